The highest BCUT2D eigenvalue weighted by atomic mass is 16.4. The van der Waals surface area contributed by atoms with Gasteiger partial charge in [0.15, 0.2) is 5.76 Å². The van der Waals surface area contributed by atoms with E-state index in [1.165, 1.54) is 6.07 Å². The molecule has 136 valence electrons. The van der Waals surface area contributed by atoms with Crippen LogP contribution < -0.4 is 10.2 Å². The molecule has 2 N–H and O–H groups in total. The number of benzene rings is 1. The Labute approximate surface area is 150 Å². The van der Waals surface area contributed by atoms with Gasteiger partial charge in [0.05, 0.1) is 0 Å². The molecule has 26 heavy (non-hydrogen) atoms. The minimum absolute atomic E-state index is 0.0309. The van der Waals surface area contributed by atoms with Gasteiger partial charge in [0.2, 0.25) is 5.91 Å². The molecule has 7 nitrogen and oxygen atoms in total. The van der Waals surface area contributed by atoms with Crippen LogP contribution in [0.4, 0.5) is 5.69 Å². The molecule has 2 aromatic rings. The number of nitrogens with zero attached hydrogens (tertiary/aromatic N) is 1. The zero-order chi connectivity index (χ0) is 18.8. The first-order chi connectivity index (χ1) is 12.4. The van der Waals surface area contributed by atoms with Gasteiger partial charge in [-0.2, -0.15) is 0 Å². The number of rotatable bonds is 5. The van der Waals surface area contributed by atoms with Crippen LogP contribution in [0.25, 0.3) is 0 Å². The van der Waals surface area contributed by atoms with Crippen LogP contribution in [0.1, 0.15) is 45.6 Å². The molecule has 2 heterocycles. The first-order valence-corrected chi connectivity index (χ1v) is 8.45. The number of nitrogens with one attached hydrogen (secondary N) is 1. The molecule has 0 radical (unpaired) electrons. The Bertz CT molecular complexity index is 853. The SMILES string of the molecule is CCc1oc(C(=O)NC2CCN(c3ccc(C)cc3)C2=O)cc1C(=O)O. The maximum atomic E-state index is 12.6. The van der Waals surface area contributed by atoms with Crippen molar-refractivity contribution in [2.24, 2.45) is 0 Å². The van der Waals surface area contributed by atoms with Crippen molar-refractivity contribution < 1.29 is 23.9 Å². The summed E-state index contributed by atoms with van der Waals surface area (Å²) in [6, 6.07) is 8.14. The maximum Gasteiger partial charge on any atom is 0.339 e. The van der Waals surface area contributed by atoms with Crippen molar-refractivity contribution in [1.29, 1.82) is 0 Å². The van der Waals surface area contributed by atoms with E-state index >= 15 is 0 Å². The van der Waals surface area contributed by atoms with Crippen molar-refractivity contribution in [1.82, 2.24) is 5.32 Å². The summed E-state index contributed by atoms with van der Waals surface area (Å²) in [7, 11) is 0. The van der Waals surface area contributed by atoms with Crippen molar-refractivity contribution in [3.63, 3.8) is 0 Å². The zero-order valence-corrected chi connectivity index (χ0v) is 14.6. The second-order valence-corrected chi connectivity index (χ2v) is 6.25. The smallest absolute Gasteiger partial charge is 0.339 e. The number of hydrogen-bond donors (Lipinski definition) is 2. The molecule has 1 fully saturated rings. The number of hydrogen-bond acceptors (Lipinski definition) is 4. The van der Waals surface area contributed by atoms with Gasteiger partial charge in [-0.15, -0.1) is 0 Å². The molecule has 1 unspecified atom stereocenters. The fourth-order valence-electron chi connectivity index (χ4n) is 3.01. The van der Waals surface area contributed by atoms with Crippen LogP contribution in [-0.2, 0) is 11.2 Å². The normalized spacial score (nSPS) is 16.8. The third-order valence-electron chi connectivity index (χ3n) is 4.44. The third-order valence-corrected chi connectivity index (χ3v) is 4.44. The molecule has 7 heteroatoms. The monoisotopic (exact) mass is 356 g/mol. The molecule has 0 saturated carbocycles. The van der Waals surface area contributed by atoms with Crippen molar-refractivity contribution in [3.05, 3.63) is 53.0 Å². The van der Waals surface area contributed by atoms with Crippen LogP contribution in [0, 0.1) is 6.92 Å². The van der Waals surface area contributed by atoms with Gasteiger partial charge < -0.3 is 19.7 Å². The Morgan fingerprint density at radius 1 is 1.31 bits per heavy atom. The first-order valence-electron chi connectivity index (χ1n) is 8.45. The van der Waals surface area contributed by atoms with Gasteiger partial charge in [-0.1, -0.05) is 24.6 Å². The molecule has 1 aromatic heterocycles. The van der Waals surface area contributed by atoms with E-state index in [1.54, 1.807) is 11.8 Å². The number of carboxylic acid groups (broad SMARTS) is 1. The number of amides is 2. The number of aromatic carboxylic acids is 1. The minimum Gasteiger partial charge on any atom is -0.478 e. The molecule has 1 aromatic carbocycles. The van der Waals surface area contributed by atoms with Gasteiger partial charge in [0.1, 0.15) is 17.4 Å². The van der Waals surface area contributed by atoms with Gasteiger partial charge in [0, 0.05) is 24.7 Å². The number of anilines is 1. The molecule has 1 aliphatic heterocycles. The van der Waals surface area contributed by atoms with E-state index in [0.717, 1.165) is 11.3 Å². The molecule has 1 saturated heterocycles. The summed E-state index contributed by atoms with van der Waals surface area (Å²) in [5.74, 6) is -1.78. The highest BCUT2D eigenvalue weighted by Crippen LogP contribution is 2.23. The Hall–Kier alpha value is -3.09. The summed E-state index contributed by atoms with van der Waals surface area (Å²) < 4.78 is 5.34. The molecule has 3 rings (SSSR count). The van der Waals surface area contributed by atoms with Gasteiger partial charge in [0.25, 0.3) is 5.91 Å². The lowest BCUT2D eigenvalue weighted by Crippen LogP contribution is -2.41. The number of furan rings is 1. The lowest BCUT2D eigenvalue weighted by Gasteiger charge is -2.17. The molecular weight excluding hydrogens is 336 g/mol. The van der Waals surface area contributed by atoms with Crippen molar-refractivity contribution in [3.8, 4) is 0 Å². The molecule has 1 aliphatic rings. The Morgan fingerprint density at radius 2 is 2.00 bits per heavy atom. The molecule has 0 aliphatic carbocycles. The van der Waals surface area contributed by atoms with E-state index in [4.69, 9.17) is 9.52 Å². The number of aryl methyl sites for hydroxylation is 2. The highest BCUT2D eigenvalue weighted by Gasteiger charge is 2.34. The topological polar surface area (TPSA) is 99.9 Å². The quantitative estimate of drug-likeness (QED) is 0.857. The Kier molecular flexibility index (Phi) is 4.79. The van der Waals surface area contributed by atoms with Crippen LogP contribution in [0.2, 0.25) is 0 Å². The van der Waals surface area contributed by atoms with E-state index in [0.29, 0.717) is 19.4 Å². The number of carboxylic acids is 1. The van der Waals surface area contributed by atoms with Crippen molar-refractivity contribution >= 4 is 23.5 Å². The van der Waals surface area contributed by atoms with E-state index in [9.17, 15) is 14.4 Å². The summed E-state index contributed by atoms with van der Waals surface area (Å²) in [5.41, 5.74) is 1.86. The van der Waals surface area contributed by atoms with Gasteiger partial charge in [-0.3, -0.25) is 9.59 Å². The van der Waals surface area contributed by atoms with E-state index in [-0.39, 0.29) is 23.0 Å². The predicted molar refractivity (Wildman–Crippen MR) is 94.4 cm³/mol. The molecule has 0 spiro atoms. The lowest BCUT2D eigenvalue weighted by atomic mass is 10.2. The summed E-state index contributed by atoms with van der Waals surface area (Å²) >= 11 is 0. The minimum atomic E-state index is -1.15. The van der Waals surface area contributed by atoms with Gasteiger partial charge in [-0.05, 0) is 25.5 Å². The lowest BCUT2D eigenvalue weighted by molar-refractivity contribution is -0.118. The van der Waals surface area contributed by atoms with Crippen LogP contribution >= 0.6 is 0 Å². The van der Waals surface area contributed by atoms with Crippen LogP contribution in [0.3, 0.4) is 0 Å². The third kappa shape index (κ3) is 3.33. The summed E-state index contributed by atoms with van der Waals surface area (Å²) in [6.45, 7) is 4.22. The second kappa shape index (κ2) is 7.03. The molecule has 0 bridgehead atoms. The Balaban J connectivity index is 1.71. The fraction of sp³-hybridized carbons (Fsp3) is 0.316. The van der Waals surface area contributed by atoms with Crippen LogP contribution in [0.5, 0.6) is 0 Å². The molecular formula is C19H20N2O5. The van der Waals surface area contributed by atoms with E-state index in [2.05, 4.69) is 5.32 Å². The number of carbonyl (C=O) groups excluding carboxylic acids is 2. The average Bonchev–Trinajstić information content (AvgIpc) is 3.20. The summed E-state index contributed by atoms with van der Waals surface area (Å²) in [5, 5.41) is 11.8. The zero-order valence-electron chi connectivity index (χ0n) is 14.6. The molecule has 1 atom stereocenters. The number of carbonyl (C=O) groups is 3. The average molecular weight is 356 g/mol. The van der Waals surface area contributed by atoms with Crippen molar-refractivity contribution in [2.75, 3.05) is 11.4 Å². The predicted octanol–water partition coefficient (Wildman–Crippen LogP) is 2.38. The largest absolute Gasteiger partial charge is 0.478 e. The van der Waals surface area contributed by atoms with Gasteiger partial charge >= 0.3 is 5.97 Å². The summed E-state index contributed by atoms with van der Waals surface area (Å²) in [4.78, 5) is 37.8. The van der Waals surface area contributed by atoms with Crippen LogP contribution in [0.15, 0.2) is 34.7 Å². The highest BCUT2D eigenvalue weighted by molar-refractivity contribution is 6.03. The van der Waals surface area contributed by atoms with Crippen molar-refractivity contribution in [2.45, 2.75) is 32.7 Å². The van der Waals surface area contributed by atoms with E-state index in [1.807, 2.05) is 31.2 Å². The van der Waals surface area contributed by atoms with Gasteiger partial charge in [-0.25, -0.2) is 4.79 Å². The Morgan fingerprint density at radius 3 is 2.58 bits per heavy atom. The molecule has 2 amide bonds. The first kappa shape index (κ1) is 17.7. The standard InChI is InChI=1S/C19H20N2O5/c1-3-15-13(19(24)25)10-16(26-15)17(22)20-14-8-9-21(18(14)23)12-6-4-11(2)5-7-12/h4-7,10,14H,3,8-9H2,1-2H3,(H,20,22)(H,24,25). The maximum absolute atomic E-state index is 12.6. The second-order valence-electron chi connectivity index (χ2n) is 6.25. The van der Waals surface area contributed by atoms with E-state index < -0.39 is 17.9 Å². The summed E-state index contributed by atoms with van der Waals surface area (Å²) in [6.07, 6.45) is 0.837. The fourth-order valence-corrected chi connectivity index (χ4v) is 3.01. The van der Waals surface area contributed by atoms with Crippen LogP contribution in [-0.4, -0.2) is 35.5 Å².